The van der Waals surface area contributed by atoms with Crippen LogP contribution in [-0.2, 0) is 0 Å². The van der Waals surface area contributed by atoms with Crippen molar-refractivity contribution in [3.05, 3.63) is 53.2 Å². The van der Waals surface area contributed by atoms with Gasteiger partial charge in [0, 0.05) is 44.0 Å². The molecule has 1 saturated heterocycles. The third-order valence-corrected chi connectivity index (χ3v) is 6.77. The summed E-state index contributed by atoms with van der Waals surface area (Å²) >= 11 is 0. The zero-order valence-corrected chi connectivity index (χ0v) is 17.5. The molecule has 0 aromatic heterocycles. The molecule has 5 nitrogen and oxygen atoms in total. The minimum Gasteiger partial charge on any atom is -0.398 e. The summed E-state index contributed by atoms with van der Waals surface area (Å²) < 4.78 is 13.6. The molecule has 2 fully saturated rings. The maximum atomic E-state index is 13.6. The van der Waals surface area contributed by atoms with Crippen molar-refractivity contribution >= 4 is 5.70 Å². The van der Waals surface area contributed by atoms with Crippen molar-refractivity contribution in [3.63, 3.8) is 0 Å². The molecule has 0 amide bonds. The van der Waals surface area contributed by atoms with Crippen molar-refractivity contribution in [1.82, 2.24) is 15.1 Å². The second-order valence-corrected chi connectivity index (χ2v) is 9.15. The summed E-state index contributed by atoms with van der Waals surface area (Å²) in [5.41, 5.74) is 14.7. The van der Waals surface area contributed by atoms with Crippen LogP contribution >= 0.6 is 0 Å². The second-order valence-electron chi connectivity index (χ2n) is 9.15. The Balaban J connectivity index is 1.51. The molecule has 5 N–H and O–H groups in total. The molecular weight excluding hydrogens is 365 g/mol. The highest BCUT2D eigenvalue weighted by molar-refractivity contribution is 5.65. The number of hydrogen-bond acceptors (Lipinski definition) is 5. The molecule has 2 aliphatic heterocycles. The van der Waals surface area contributed by atoms with Crippen LogP contribution in [0, 0.1) is 11.7 Å². The highest BCUT2D eigenvalue weighted by atomic mass is 19.1. The van der Waals surface area contributed by atoms with Gasteiger partial charge in [-0.15, -0.1) is 0 Å². The fourth-order valence-electron chi connectivity index (χ4n) is 5.19. The van der Waals surface area contributed by atoms with Gasteiger partial charge in [-0.25, -0.2) is 4.39 Å². The lowest BCUT2D eigenvalue weighted by molar-refractivity contribution is 0.0186. The van der Waals surface area contributed by atoms with Gasteiger partial charge in [0.05, 0.1) is 11.2 Å². The summed E-state index contributed by atoms with van der Waals surface area (Å²) in [5.74, 6) is 1.20. The predicted octanol–water partition coefficient (Wildman–Crippen LogP) is 2.81. The molecule has 0 bridgehead atoms. The Labute approximate surface area is 173 Å². The standard InChI is InChI=1S/C23H34FN5/c1-23-15-27-22(26)21(13-20(25)18-8-5-9-19(24)12-18)29(23)11-10-28(16-23)14-17-6-3-2-4-7-17/h5,8-9,12-13,17,27H,2-4,6-7,10-11,14-16,25-26H2,1H3/b20-13-. The smallest absolute Gasteiger partial charge is 0.123 e. The van der Waals surface area contributed by atoms with Crippen molar-refractivity contribution in [2.45, 2.75) is 44.6 Å². The number of hydrogen-bond donors (Lipinski definition) is 3. The molecule has 1 unspecified atom stereocenters. The fourth-order valence-corrected chi connectivity index (χ4v) is 5.19. The second kappa shape index (κ2) is 8.27. The lowest BCUT2D eigenvalue weighted by Crippen LogP contribution is -2.67. The first-order valence-corrected chi connectivity index (χ1v) is 10.9. The quantitative estimate of drug-likeness (QED) is 0.726. The molecule has 1 aromatic rings. The van der Waals surface area contributed by atoms with Crippen LogP contribution in [0.4, 0.5) is 4.39 Å². The van der Waals surface area contributed by atoms with E-state index in [1.54, 1.807) is 6.07 Å². The van der Waals surface area contributed by atoms with Gasteiger partial charge < -0.3 is 21.7 Å². The average Bonchev–Trinajstić information content (AvgIpc) is 2.71. The lowest BCUT2D eigenvalue weighted by Gasteiger charge is -2.54. The zero-order chi connectivity index (χ0) is 20.4. The summed E-state index contributed by atoms with van der Waals surface area (Å²) in [5, 5.41) is 3.38. The Morgan fingerprint density at radius 2 is 2.07 bits per heavy atom. The van der Waals surface area contributed by atoms with E-state index in [0.717, 1.165) is 37.8 Å². The van der Waals surface area contributed by atoms with Crippen LogP contribution in [0.15, 0.2) is 41.9 Å². The van der Waals surface area contributed by atoms with Gasteiger partial charge in [-0.05, 0) is 43.9 Å². The molecule has 4 rings (SSSR count). The molecule has 158 valence electrons. The summed E-state index contributed by atoms with van der Waals surface area (Å²) in [6, 6.07) is 6.38. The Hall–Kier alpha value is -2.21. The average molecular weight is 400 g/mol. The van der Waals surface area contributed by atoms with Crippen LogP contribution in [0.2, 0.25) is 0 Å². The molecule has 29 heavy (non-hydrogen) atoms. The number of fused-ring (bicyclic) bond motifs is 1. The van der Waals surface area contributed by atoms with Gasteiger partial charge in [0.1, 0.15) is 11.6 Å². The van der Waals surface area contributed by atoms with Crippen molar-refractivity contribution in [3.8, 4) is 0 Å². The number of nitrogens with two attached hydrogens (primary N) is 2. The van der Waals surface area contributed by atoms with E-state index in [1.807, 2.05) is 12.1 Å². The molecule has 1 aliphatic carbocycles. The summed E-state index contributed by atoms with van der Waals surface area (Å²) in [7, 11) is 0. The molecule has 1 atom stereocenters. The van der Waals surface area contributed by atoms with E-state index >= 15 is 0 Å². The number of nitrogens with zero attached hydrogens (tertiary/aromatic N) is 2. The minimum absolute atomic E-state index is 0.0379. The van der Waals surface area contributed by atoms with Gasteiger partial charge in [-0.1, -0.05) is 31.4 Å². The normalized spacial score (nSPS) is 27.0. The molecular formula is C23H34FN5. The van der Waals surface area contributed by atoms with Gasteiger partial charge >= 0.3 is 0 Å². The van der Waals surface area contributed by atoms with E-state index in [9.17, 15) is 4.39 Å². The van der Waals surface area contributed by atoms with E-state index in [4.69, 9.17) is 11.5 Å². The fraction of sp³-hybridized carbons (Fsp3) is 0.565. The van der Waals surface area contributed by atoms with Crippen molar-refractivity contribution in [2.24, 2.45) is 17.4 Å². The monoisotopic (exact) mass is 399 g/mol. The number of allylic oxidation sites excluding steroid dienone is 1. The molecule has 1 saturated carbocycles. The van der Waals surface area contributed by atoms with Crippen LogP contribution in [-0.4, -0.2) is 48.1 Å². The Bertz CT molecular complexity index is 798. The Kier molecular flexibility index (Phi) is 5.72. The molecule has 0 radical (unpaired) electrons. The van der Waals surface area contributed by atoms with Crippen LogP contribution in [0.5, 0.6) is 0 Å². The lowest BCUT2D eigenvalue weighted by atomic mass is 9.87. The highest BCUT2D eigenvalue weighted by Crippen LogP contribution is 2.32. The van der Waals surface area contributed by atoms with E-state index in [1.165, 1.54) is 50.8 Å². The molecule has 3 aliphatic rings. The van der Waals surface area contributed by atoms with E-state index < -0.39 is 0 Å². The SMILES string of the molecule is CC12CNC(N)=C(/C=C(\N)c3cccc(F)c3)N1CCN(CC1CCCCC1)C2. The van der Waals surface area contributed by atoms with Crippen LogP contribution < -0.4 is 16.8 Å². The van der Waals surface area contributed by atoms with E-state index in [-0.39, 0.29) is 11.4 Å². The summed E-state index contributed by atoms with van der Waals surface area (Å²) in [6.07, 6.45) is 8.82. The first-order valence-electron chi connectivity index (χ1n) is 10.9. The van der Waals surface area contributed by atoms with Crippen molar-refractivity contribution < 1.29 is 4.39 Å². The van der Waals surface area contributed by atoms with Crippen molar-refractivity contribution in [2.75, 3.05) is 32.7 Å². The minimum atomic E-state index is -0.288. The third kappa shape index (κ3) is 4.37. The first-order chi connectivity index (χ1) is 13.9. The largest absolute Gasteiger partial charge is 0.398 e. The predicted molar refractivity (Wildman–Crippen MR) is 116 cm³/mol. The van der Waals surface area contributed by atoms with Gasteiger partial charge in [0.2, 0.25) is 0 Å². The Morgan fingerprint density at radius 3 is 2.83 bits per heavy atom. The topological polar surface area (TPSA) is 70.5 Å². The summed E-state index contributed by atoms with van der Waals surface area (Å²) in [6.45, 7) is 7.30. The van der Waals surface area contributed by atoms with Gasteiger partial charge in [0.15, 0.2) is 0 Å². The molecule has 6 heteroatoms. The summed E-state index contributed by atoms with van der Waals surface area (Å²) in [4.78, 5) is 5.02. The highest BCUT2D eigenvalue weighted by Gasteiger charge is 2.42. The molecule has 0 spiro atoms. The van der Waals surface area contributed by atoms with E-state index in [2.05, 4.69) is 22.0 Å². The number of halogens is 1. The van der Waals surface area contributed by atoms with Crippen LogP contribution in [0.1, 0.15) is 44.6 Å². The van der Waals surface area contributed by atoms with Crippen LogP contribution in [0.25, 0.3) is 5.70 Å². The maximum Gasteiger partial charge on any atom is 0.123 e. The first kappa shape index (κ1) is 20.1. The van der Waals surface area contributed by atoms with Crippen LogP contribution in [0.3, 0.4) is 0 Å². The van der Waals surface area contributed by atoms with E-state index in [0.29, 0.717) is 17.1 Å². The number of rotatable bonds is 4. The van der Waals surface area contributed by atoms with Crippen molar-refractivity contribution in [1.29, 1.82) is 0 Å². The maximum absolute atomic E-state index is 13.6. The number of nitrogens with one attached hydrogen (secondary N) is 1. The molecule has 2 heterocycles. The number of benzene rings is 1. The van der Waals surface area contributed by atoms with Gasteiger partial charge in [0.25, 0.3) is 0 Å². The Morgan fingerprint density at radius 1 is 1.28 bits per heavy atom. The molecule has 1 aromatic carbocycles. The van der Waals surface area contributed by atoms with Gasteiger partial charge in [-0.2, -0.15) is 0 Å². The zero-order valence-electron chi connectivity index (χ0n) is 17.5. The number of piperazine rings is 1. The van der Waals surface area contributed by atoms with Gasteiger partial charge in [-0.3, -0.25) is 4.90 Å². The third-order valence-electron chi connectivity index (χ3n) is 6.77.